The van der Waals surface area contributed by atoms with E-state index in [0.717, 1.165) is 6.07 Å². The zero-order chi connectivity index (χ0) is 10.1. The van der Waals surface area contributed by atoms with E-state index in [1.165, 1.54) is 19.3 Å². The van der Waals surface area contributed by atoms with E-state index in [1.54, 1.807) is 12.1 Å². The summed E-state index contributed by atoms with van der Waals surface area (Å²) in [6.07, 6.45) is 1.50. The second-order valence-electron chi connectivity index (χ2n) is 3.01. The minimum atomic E-state index is -0.835. The summed E-state index contributed by atoms with van der Waals surface area (Å²) in [6.45, 7) is 1.52. The smallest absolute Gasteiger partial charge is 0.162 e. The summed E-state index contributed by atoms with van der Waals surface area (Å²) in [5.74, 6) is -1.11. The highest BCUT2D eigenvalue weighted by Crippen LogP contribution is 2.26. The molecule has 3 heteroatoms. The molecule has 1 nitrogen and oxygen atoms in total. The highest BCUT2D eigenvalue weighted by atomic mass is 19.2. The second kappa shape index (κ2) is 3.25. The number of hydrogen-bond donors (Lipinski definition) is 0. The van der Waals surface area contributed by atoms with Crippen molar-refractivity contribution in [3.05, 3.63) is 47.7 Å². The van der Waals surface area contributed by atoms with Gasteiger partial charge in [0, 0.05) is 5.56 Å². The number of hydrogen-bond acceptors (Lipinski definition) is 1. The van der Waals surface area contributed by atoms with E-state index in [0.29, 0.717) is 11.3 Å². The van der Waals surface area contributed by atoms with E-state index in [9.17, 15) is 8.78 Å². The Morgan fingerprint density at radius 1 is 1.14 bits per heavy atom. The van der Waals surface area contributed by atoms with Gasteiger partial charge in [-0.05, 0) is 36.8 Å². The highest BCUT2D eigenvalue weighted by Gasteiger charge is 2.11. The Balaban J connectivity index is 2.61. The first-order chi connectivity index (χ1) is 6.70. The molecule has 0 saturated heterocycles. The minimum Gasteiger partial charge on any atom is -0.464 e. The van der Waals surface area contributed by atoms with Crippen molar-refractivity contribution >= 4 is 0 Å². The highest BCUT2D eigenvalue weighted by molar-refractivity contribution is 5.61. The zero-order valence-electron chi connectivity index (χ0n) is 7.55. The van der Waals surface area contributed by atoms with Crippen LogP contribution in [0.2, 0.25) is 0 Å². The van der Waals surface area contributed by atoms with E-state index in [-0.39, 0.29) is 5.56 Å². The van der Waals surface area contributed by atoms with Crippen molar-refractivity contribution < 1.29 is 13.2 Å². The van der Waals surface area contributed by atoms with Crippen molar-refractivity contribution in [3.63, 3.8) is 0 Å². The van der Waals surface area contributed by atoms with Gasteiger partial charge in [-0.2, -0.15) is 0 Å². The third kappa shape index (κ3) is 1.31. The Labute approximate surface area is 80.0 Å². The summed E-state index contributed by atoms with van der Waals surface area (Å²) in [5.41, 5.74) is 0.842. The van der Waals surface area contributed by atoms with Crippen LogP contribution in [0, 0.1) is 18.6 Å². The van der Waals surface area contributed by atoms with Crippen LogP contribution >= 0.6 is 0 Å². The van der Waals surface area contributed by atoms with Crippen LogP contribution in [0.1, 0.15) is 5.56 Å². The molecule has 0 saturated carbocycles. The van der Waals surface area contributed by atoms with Crippen LogP contribution in [0.25, 0.3) is 11.3 Å². The first-order valence-corrected chi connectivity index (χ1v) is 4.18. The minimum absolute atomic E-state index is 0.264. The van der Waals surface area contributed by atoms with Crippen molar-refractivity contribution in [1.29, 1.82) is 0 Å². The number of furan rings is 1. The lowest BCUT2D eigenvalue weighted by Gasteiger charge is -2.03. The number of benzene rings is 1. The van der Waals surface area contributed by atoms with E-state index in [1.807, 2.05) is 0 Å². The molecule has 0 radical (unpaired) electrons. The lowest BCUT2D eigenvalue weighted by atomic mass is 10.1. The average Bonchev–Trinajstić information content (AvgIpc) is 2.67. The van der Waals surface area contributed by atoms with Gasteiger partial charge in [-0.25, -0.2) is 8.78 Å². The van der Waals surface area contributed by atoms with E-state index < -0.39 is 11.6 Å². The van der Waals surface area contributed by atoms with Crippen LogP contribution in [0.3, 0.4) is 0 Å². The van der Waals surface area contributed by atoms with Gasteiger partial charge in [-0.1, -0.05) is 0 Å². The van der Waals surface area contributed by atoms with Crippen LogP contribution in [0.4, 0.5) is 8.78 Å². The normalized spacial score (nSPS) is 10.5. The number of halogens is 2. The maximum absolute atomic E-state index is 13.2. The largest absolute Gasteiger partial charge is 0.464 e. The topological polar surface area (TPSA) is 13.1 Å². The van der Waals surface area contributed by atoms with Crippen LogP contribution in [0.5, 0.6) is 0 Å². The maximum atomic E-state index is 13.2. The van der Waals surface area contributed by atoms with Crippen molar-refractivity contribution in [2.24, 2.45) is 0 Å². The van der Waals surface area contributed by atoms with Crippen molar-refractivity contribution in [2.45, 2.75) is 6.92 Å². The predicted molar refractivity (Wildman–Crippen MR) is 48.8 cm³/mol. The summed E-state index contributed by atoms with van der Waals surface area (Å²) < 4.78 is 31.1. The first-order valence-electron chi connectivity index (χ1n) is 4.18. The molecule has 14 heavy (non-hydrogen) atoms. The van der Waals surface area contributed by atoms with Crippen LogP contribution in [-0.2, 0) is 0 Å². The van der Waals surface area contributed by atoms with Gasteiger partial charge in [0.15, 0.2) is 11.6 Å². The molecule has 0 amide bonds. The molecule has 0 spiro atoms. The molecule has 0 aliphatic carbocycles. The Hall–Kier alpha value is -1.64. The van der Waals surface area contributed by atoms with Crippen molar-refractivity contribution in [3.8, 4) is 11.3 Å². The van der Waals surface area contributed by atoms with Gasteiger partial charge in [0.2, 0.25) is 0 Å². The molecule has 0 fully saturated rings. The quantitative estimate of drug-likeness (QED) is 0.676. The first kappa shape index (κ1) is 8.94. The molecule has 0 atom stereocenters. The van der Waals surface area contributed by atoms with Crippen molar-refractivity contribution in [1.82, 2.24) is 0 Å². The molecule has 1 heterocycles. The zero-order valence-corrected chi connectivity index (χ0v) is 7.55. The lowest BCUT2D eigenvalue weighted by molar-refractivity contribution is 0.502. The van der Waals surface area contributed by atoms with Gasteiger partial charge in [0.1, 0.15) is 5.76 Å². The molecule has 1 aromatic carbocycles. The standard InChI is InChI=1S/C11H8F2O/c1-7-8(10-3-2-6-14-10)4-5-9(12)11(7)13/h2-6H,1H3. The molecule has 0 aliphatic heterocycles. The third-order valence-electron chi connectivity index (χ3n) is 2.13. The fraction of sp³-hybridized carbons (Fsp3) is 0.0909. The van der Waals surface area contributed by atoms with Gasteiger partial charge < -0.3 is 4.42 Å². The Morgan fingerprint density at radius 2 is 1.93 bits per heavy atom. The molecule has 2 aromatic rings. The summed E-state index contributed by atoms with van der Waals surface area (Å²) in [5, 5.41) is 0. The lowest BCUT2D eigenvalue weighted by Crippen LogP contribution is -1.91. The Bertz CT molecular complexity index is 447. The fourth-order valence-corrected chi connectivity index (χ4v) is 1.35. The summed E-state index contributed by atoms with van der Waals surface area (Å²) in [4.78, 5) is 0. The molecular weight excluding hydrogens is 186 g/mol. The third-order valence-corrected chi connectivity index (χ3v) is 2.13. The van der Waals surface area contributed by atoms with Crippen LogP contribution < -0.4 is 0 Å². The summed E-state index contributed by atoms with van der Waals surface area (Å²) >= 11 is 0. The average molecular weight is 194 g/mol. The van der Waals surface area contributed by atoms with Gasteiger partial charge in [-0.3, -0.25) is 0 Å². The summed E-state index contributed by atoms with van der Waals surface area (Å²) in [6, 6.07) is 6.02. The van der Waals surface area contributed by atoms with E-state index >= 15 is 0 Å². The van der Waals surface area contributed by atoms with Gasteiger partial charge >= 0.3 is 0 Å². The molecule has 72 valence electrons. The van der Waals surface area contributed by atoms with Crippen LogP contribution in [0.15, 0.2) is 34.9 Å². The van der Waals surface area contributed by atoms with Gasteiger partial charge in [-0.15, -0.1) is 0 Å². The van der Waals surface area contributed by atoms with Gasteiger partial charge in [0.05, 0.1) is 6.26 Å². The molecule has 0 unspecified atom stereocenters. The molecule has 2 rings (SSSR count). The van der Waals surface area contributed by atoms with E-state index in [4.69, 9.17) is 4.42 Å². The second-order valence-corrected chi connectivity index (χ2v) is 3.01. The predicted octanol–water partition coefficient (Wildman–Crippen LogP) is 3.53. The Morgan fingerprint density at radius 3 is 2.57 bits per heavy atom. The molecule has 0 aliphatic rings. The molecular formula is C11H8F2O. The molecule has 0 N–H and O–H groups in total. The van der Waals surface area contributed by atoms with Gasteiger partial charge in [0.25, 0.3) is 0 Å². The van der Waals surface area contributed by atoms with Crippen LogP contribution in [-0.4, -0.2) is 0 Å². The van der Waals surface area contributed by atoms with Crippen molar-refractivity contribution in [2.75, 3.05) is 0 Å². The SMILES string of the molecule is Cc1c(-c2ccco2)ccc(F)c1F. The fourth-order valence-electron chi connectivity index (χ4n) is 1.35. The summed E-state index contributed by atoms with van der Waals surface area (Å²) in [7, 11) is 0. The molecule has 0 bridgehead atoms. The molecule has 1 aromatic heterocycles. The van der Waals surface area contributed by atoms with E-state index in [2.05, 4.69) is 0 Å². The Kier molecular flexibility index (Phi) is 2.08. The monoisotopic (exact) mass is 194 g/mol. The number of rotatable bonds is 1. The maximum Gasteiger partial charge on any atom is 0.162 e.